The molecule has 0 heterocycles. The Balaban J connectivity index is 1.95. The lowest BCUT2D eigenvalue weighted by atomic mass is 10.1. The molecule has 0 saturated heterocycles. The van der Waals surface area contributed by atoms with Crippen molar-refractivity contribution in [1.29, 1.82) is 0 Å². The lowest BCUT2D eigenvalue weighted by Crippen LogP contribution is -2.02. The van der Waals surface area contributed by atoms with Crippen LogP contribution in [-0.2, 0) is 0 Å². The molecule has 0 bridgehead atoms. The highest BCUT2D eigenvalue weighted by atomic mass is 35.5. The van der Waals surface area contributed by atoms with Crippen LogP contribution in [0.15, 0.2) is 30.3 Å². The molecular formula is C25H37ClO2. The van der Waals surface area contributed by atoms with Gasteiger partial charge in [0.25, 0.3) is 0 Å². The Bertz CT molecular complexity index is 698. The fraction of sp³-hybridized carbons (Fsp3) is 0.600. The summed E-state index contributed by atoms with van der Waals surface area (Å²) in [5.74, 6) is 1.91. The average molecular weight is 405 g/mol. The summed E-state index contributed by atoms with van der Waals surface area (Å²) in [4.78, 5) is 0. The van der Waals surface area contributed by atoms with E-state index in [1.165, 1.54) is 31.2 Å². The Kier molecular flexibility index (Phi) is 10.6. The number of hydrogen-bond donors (Lipinski definition) is 0. The Morgan fingerprint density at radius 2 is 1.43 bits per heavy atom. The van der Waals surface area contributed by atoms with Crippen molar-refractivity contribution in [2.45, 2.75) is 83.9 Å². The van der Waals surface area contributed by atoms with Crippen LogP contribution in [0.25, 0.3) is 10.8 Å². The normalized spacial score (nSPS) is 12.3. The number of ether oxygens (including phenoxy) is 2. The lowest BCUT2D eigenvalue weighted by molar-refractivity contribution is 0.301. The smallest absolute Gasteiger partial charge is 0.127 e. The molecule has 0 spiro atoms. The third-order valence-corrected chi connectivity index (χ3v) is 5.74. The van der Waals surface area contributed by atoms with Gasteiger partial charge in [0.2, 0.25) is 0 Å². The molecule has 1 unspecified atom stereocenters. The summed E-state index contributed by atoms with van der Waals surface area (Å²) < 4.78 is 12.2. The average Bonchev–Trinajstić information content (AvgIpc) is 2.70. The first-order chi connectivity index (χ1) is 13.7. The molecule has 2 aromatic carbocycles. The van der Waals surface area contributed by atoms with E-state index in [1.807, 2.05) is 0 Å². The van der Waals surface area contributed by atoms with Crippen molar-refractivity contribution >= 4 is 22.4 Å². The molecule has 3 heteroatoms. The molecule has 0 amide bonds. The zero-order valence-electron chi connectivity index (χ0n) is 17.9. The van der Waals surface area contributed by atoms with Gasteiger partial charge in [0.15, 0.2) is 0 Å². The Morgan fingerprint density at radius 1 is 0.786 bits per heavy atom. The molecular weight excluding hydrogens is 368 g/mol. The lowest BCUT2D eigenvalue weighted by Gasteiger charge is -2.14. The Labute approximate surface area is 176 Å². The van der Waals surface area contributed by atoms with E-state index in [0.717, 1.165) is 67.6 Å². The van der Waals surface area contributed by atoms with Gasteiger partial charge in [0.1, 0.15) is 11.5 Å². The third-order valence-electron chi connectivity index (χ3n) is 5.21. The fourth-order valence-electron chi connectivity index (χ4n) is 3.40. The highest BCUT2D eigenvalue weighted by molar-refractivity contribution is 6.20. The largest absolute Gasteiger partial charge is 0.493 e. The highest BCUT2D eigenvalue weighted by Gasteiger charge is 2.09. The minimum absolute atomic E-state index is 0.293. The van der Waals surface area contributed by atoms with Gasteiger partial charge in [-0.25, -0.2) is 0 Å². The van der Waals surface area contributed by atoms with E-state index in [-0.39, 0.29) is 0 Å². The van der Waals surface area contributed by atoms with Crippen molar-refractivity contribution in [3.8, 4) is 11.5 Å². The summed E-state index contributed by atoms with van der Waals surface area (Å²) in [6.45, 7) is 8.01. The number of halogens is 1. The molecule has 2 aromatic rings. The fourth-order valence-corrected chi connectivity index (χ4v) is 3.56. The minimum Gasteiger partial charge on any atom is -0.493 e. The molecule has 1 atom stereocenters. The van der Waals surface area contributed by atoms with Crippen LogP contribution in [0.4, 0.5) is 0 Å². The van der Waals surface area contributed by atoms with Crippen LogP contribution >= 0.6 is 11.6 Å². The van der Waals surface area contributed by atoms with Crippen molar-refractivity contribution in [2.24, 2.45) is 0 Å². The molecule has 2 rings (SSSR count). The van der Waals surface area contributed by atoms with Gasteiger partial charge in [-0.15, -0.1) is 11.6 Å². The van der Waals surface area contributed by atoms with Crippen molar-refractivity contribution in [1.82, 2.24) is 0 Å². The van der Waals surface area contributed by atoms with Crippen LogP contribution in [0.3, 0.4) is 0 Å². The monoisotopic (exact) mass is 404 g/mol. The molecule has 0 fully saturated rings. The number of hydrogen-bond acceptors (Lipinski definition) is 2. The van der Waals surface area contributed by atoms with Crippen LogP contribution in [0, 0.1) is 6.92 Å². The van der Waals surface area contributed by atoms with Crippen LogP contribution in [0.5, 0.6) is 11.5 Å². The standard InChI is InChI=1S/C25H37ClO2/c1-4-6-7-8-10-17-27-24-15-16-25(23-19-20(3)13-14-22(23)24)28-18-11-9-12-21(26)5-2/h13-16,19,21H,4-12,17-18H2,1-3H3. The Hall–Kier alpha value is -1.41. The number of fused-ring (bicyclic) bond motifs is 1. The van der Waals surface area contributed by atoms with Crippen molar-refractivity contribution in [3.05, 3.63) is 35.9 Å². The van der Waals surface area contributed by atoms with Gasteiger partial charge < -0.3 is 9.47 Å². The molecule has 0 radical (unpaired) electrons. The highest BCUT2D eigenvalue weighted by Crippen LogP contribution is 2.34. The summed E-state index contributed by atoms with van der Waals surface area (Å²) >= 11 is 6.20. The van der Waals surface area contributed by atoms with Crippen LogP contribution in [-0.4, -0.2) is 18.6 Å². The van der Waals surface area contributed by atoms with Crippen molar-refractivity contribution in [2.75, 3.05) is 13.2 Å². The van der Waals surface area contributed by atoms with Gasteiger partial charge in [0, 0.05) is 16.1 Å². The molecule has 0 N–H and O–H groups in total. The quantitative estimate of drug-likeness (QED) is 0.234. The number of rotatable bonds is 14. The first kappa shape index (κ1) is 22.9. The van der Waals surface area contributed by atoms with Gasteiger partial charge >= 0.3 is 0 Å². The molecule has 0 saturated carbocycles. The first-order valence-electron chi connectivity index (χ1n) is 11.1. The van der Waals surface area contributed by atoms with E-state index < -0.39 is 0 Å². The predicted molar refractivity (Wildman–Crippen MR) is 122 cm³/mol. The Morgan fingerprint density at radius 3 is 2.11 bits per heavy atom. The molecule has 0 aliphatic heterocycles. The van der Waals surface area contributed by atoms with E-state index >= 15 is 0 Å². The third kappa shape index (κ3) is 7.54. The topological polar surface area (TPSA) is 18.5 Å². The molecule has 28 heavy (non-hydrogen) atoms. The maximum absolute atomic E-state index is 6.20. The first-order valence-corrected chi connectivity index (χ1v) is 11.5. The second-order valence-electron chi connectivity index (χ2n) is 7.72. The van der Waals surface area contributed by atoms with Gasteiger partial charge in [-0.3, -0.25) is 0 Å². The summed E-state index contributed by atoms with van der Waals surface area (Å²) in [6.07, 6.45) is 10.5. The van der Waals surface area contributed by atoms with Gasteiger partial charge in [-0.05, 0) is 57.2 Å². The molecule has 0 aliphatic rings. The zero-order valence-corrected chi connectivity index (χ0v) is 18.7. The predicted octanol–water partition coefficient (Wildman–Crippen LogP) is 8.06. The number of unbranched alkanes of at least 4 members (excludes halogenated alkanes) is 5. The molecule has 0 aromatic heterocycles. The number of aryl methyl sites for hydroxylation is 1. The molecule has 2 nitrogen and oxygen atoms in total. The second-order valence-corrected chi connectivity index (χ2v) is 8.34. The number of alkyl halides is 1. The van der Waals surface area contributed by atoms with Gasteiger partial charge in [0.05, 0.1) is 13.2 Å². The van der Waals surface area contributed by atoms with Crippen LogP contribution in [0.1, 0.15) is 77.2 Å². The molecule has 0 aliphatic carbocycles. The van der Waals surface area contributed by atoms with Crippen molar-refractivity contribution in [3.63, 3.8) is 0 Å². The van der Waals surface area contributed by atoms with E-state index in [9.17, 15) is 0 Å². The summed E-state index contributed by atoms with van der Waals surface area (Å²) in [7, 11) is 0. The molecule has 156 valence electrons. The van der Waals surface area contributed by atoms with E-state index in [4.69, 9.17) is 21.1 Å². The van der Waals surface area contributed by atoms with Gasteiger partial charge in [-0.1, -0.05) is 57.2 Å². The minimum atomic E-state index is 0.293. The van der Waals surface area contributed by atoms with E-state index in [2.05, 4.69) is 51.1 Å². The van der Waals surface area contributed by atoms with Crippen LogP contribution < -0.4 is 9.47 Å². The zero-order chi connectivity index (χ0) is 20.2. The summed E-state index contributed by atoms with van der Waals surface area (Å²) in [5.41, 5.74) is 1.24. The van der Waals surface area contributed by atoms with Crippen LogP contribution in [0.2, 0.25) is 0 Å². The van der Waals surface area contributed by atoms with E-state index in [1.54, 1.807) is 0 Å². The number of benzene rings is 2. The maximum atomic E-state index is 6.20. The van der Waals surface area contributed by atoms with Crippen molar-refractivity contribution < 1.29 is 9.47 Å². The summed E-state index contributed by atoms with van der Waals surface area (Å²) in [5, 5.41) is 2.58. The van der Waals surface area contributed by atoms with E-state index in [0.29, 0.717) is 5.38 Å². The summed E-state index contributed by atoms with van der Waals surface area (Å²) in [6, 6.07) is 10.6. The maximum Gasteiger partial charge on any atom is 0.127 e. The van der Waals surface area contributed by atoms with Gasteiger partial charge in [-0.2, -0.15) is 0 Å². The second kappa shape index (κ2) is 12.9. The SMILES string of the molecule is CCCCCCCOc1ccc(OCCCCC(Cl)CC)c2cc(C)ccc12.